The van der Waals surface area contributed by atoms with Crippen molar-refractivity contribution in [3.8, 4) is 0 Å². The summed E-state index contributed by atoms with van der Waals surface area (Å²) < 4.78 is 0.966. The predicted octanol–water partition coefficient (Wildman–Crippen LogP) is 1.80. The lowest BCUT2D eigenvalue weighted by atomic mass is 10.2. The molecule has 2 heterocycles. The van der Waals surface area contributed by atoms with Crippen molar-refractivity contribution in [1.29, 1.82) is 0 Å². The Morgan fingerprint density at radius 2 is 2.71 bits per heavy atom. The topological polar surface area (TPSA) is 52.9 Å². The van der Waals surface area contributed by atoms with Crippen LogP contribution < -0.4 is 0 Å². The summed E-state index contributed by atoms with van der Waals surface area (Å²) >= 11 is 2.93. The highest BCUT2D eigenvalue weighted by Gasteiger charge is 2.40. The van der Waals surface area contributed by atoms with Gasteiger partial charge < -0.3 is 10.1 Å². The lowest BCUT2D eigenvalue weighted by Gasteiger charge is -2.31. The van der Waals surface area contributed by atoms with Gasteiger partial charge in [0.15, 0.2) is 0 Å². The van der Waals surface area contributed by atoms with Crippen molar-refractivity contribution >= 4 is 34.5 Å². The van der Waals surface area contributed by atoms with Crippen molar-refractivity contribution in [3.63, 3.8) is 0 Å². The molecule has 1 atom stereocenters. The van der Waals surface area contributed by atoms with Gasteiger partial charge in [-0.3, -0.25) is 4.79 Å². The number of amides is 1. The lowest BCUT2D eigenvalue weighted by molar-refractivity contribution is -0.137. The van der Waals surface area contributed by atoms with Crippen LogP contribution in [0.4, 0.5) is 0 Å². The minimum atomic E-state index is 0.152. The second-order valence-corrected chi connectivity index (χ2v) is 5.31. The quantitative estimate of drug-likeness (QED) is 0.257. The van der Waals surface area contributed by atoms with E-state index < -0.39 is 0 Å². The molecule has 2 aliphatic rings. The average Bonchev–Trinajstić information content (AvgIpc) is 2.51. The number of β-lactam (4-membered cyclic amide) rings is 1. The van der Waals surface area contributed by atoms with Crippen molar-refractivity contribution in [2.24, 2.45) is 5.16 Å². The molecule has 0 aliphatic carbocycles. The second-order valence-electron chi connectivity index (χ2n) is 2.77. The Labute approximate surface area is 89.7 Å². The van der Waals surface area contributed by atoms with Gasteiger partial charge in [0.2, 0.25) is 5.91 Å². The van der Waals surface area contributed by atoms with Gasteiger partial charge in [0.25, 0.3) is 0 Å². The first kappa shape index (κ1) is 9.67. The van der Waals surface area contributed by atoms with Crippen LogP contribution in [0, 0.1) is 0 Å². The van der Waals surface area contributed by atoms with Crippen LogP contribution in [0.2, 0.25) is 0 Å². The third-order valence-electron chi connectivity index (χ3n) is 1.92. The molecule has 0 saturated carbocycles. The zero-order valence-corrected chi connectivity index (χ0v) is 8.85. The summed E-state index contributed by atoms with van der Waals surface area (Å²) in [6.45, 7) is 3.51. The maximum absolute atomic E-state index is 11.0. The summed E-state index contributed by atoms with van der Waals surface area (Å²) in [5.74, 6) is 0.152. The van der Waals surface area contributed by atoms with Crippen LogP contribution in [0.15, 0.2) is 28.2 Å². The summed E-state index contributed by atoms with van der Waals surface area (Å²) in [6.07, 6.45) is 3.87. The molecule has 14 heavy (non-hydrogen) atoms. The van der Waals surface area contributed by atoms with E-state index in [4.69, 9.17) is 5.21 Å². The lowest BCUT2D eigenvalue weighted by Crippen LogP contribution is -2.44. The third kappa shape index (κ3) is 1.55. The second kappa shape index (κ2) is 3.70. The number of thioether (sulfide) groups is 2. The number of fused-ring (bicyclic) bond motifs is 1. The van der Waals surface area contributed by atoms with E-state index in [9.17, 15) is 4.79 Å². The number of rotatable bonds is 2. The Morgan fingerprint density at radius 3 is 3.21 bits per heavy atom. The van der Waals surface area contributed by atoms with Gasteiger partial charge in [0, 0.05) is 6.20 Å². The van der Waals surface area contributed by atoms with Crippen LogP contribution in [0.5, 0.6) is 0 Å². The van der Waals surface area contributed by atoms with E-state index in [1.54, 1.807) is 22.9 Å². The van der Waals surface area contributed by atoms with Crippen molar-refractivity contribution in [2.45, 2.75) is 11.8 Å². The Bertz CT molecular complexity index is 351. The van der Waals surface area contributed by atoms with Crippen molar-refractivity contribution in [3.05, 3.63) is 23.1 Å². The molecule has 0 radical (unpaired) electrons. The smallest absolute Gasteiger partial charge is 0.230 e. The van der Waals surface area contributed by atoms with Crippen LogP contribution in [-0.4, -0.2) is 26.4 Å². The van der Waals surface area contributed by atoms with Crippen LogP contribution >= 0.6 is 23.5 Å². The highest BCUT2D eigenvalue weighted by molar-refractivity contribution is 8.30. The molecule has 4 nitrogen and oxygen atoms in total. The molecule has 1 amide bonds. The van der Waals surface area contributed by atoms with Gasteiger partial charge in [-0.1, -0.05) is 35.3 Å². The van der Waals surface area contributed by atoms with Crippen molar-refractivity contribution < 1.29 is 10.0 Å². The summed E-state index contributed by atoms with van der Waals surface area (Å²) in [7, 11) is 0. The molecule has 0 aromatic heterocycles. The molecule has 0 unspecified atom stereocenters. The molecule has 74 valence electrons. The summed E-state index contributed by atoms with van der Waals surface area (Å²) in [5.41, 5.74) is 0. The van der Waals surface area contributed by atoms with Crippen LogP contribution in [0.1, 0.15) is 6.42 Å². The molecule has 1 N–H and O–H groups in total. The molecule has 0 aromatic rings. The maximum Gasteiger partial charge on any atom is 0.230 e. The zero-order valence-electron chi connectivity index (χ0n) is 7.21. The van der Waals surface area contributed by atoms with Crippen LogP contribution in [0.3, 0.4) is 0 Å². The highest BCUT2D eigenvalue weighted by atomic mass is 32.2. The van der Waals surface area contributed by atoms with Crippen LogP contribution in [0.25, 0.3) is 0 Å². The first-order chi connectivity index (χ1) is 6.74. The van der Waals surface area contributed by atoms with Crippen LogP contribution in [-0.2, 0) is 4.79 Å². The molecular formula is C8H8N2O2S2. The molecule has 1 fully saturated rings. The van der Waals surface area contributed by atoms with Gasteiger partial charge >= 0.3 is 0 Å². The Hall–Kier alpha value is -0.880. The van der Waals surface area contributed by atoms with Gasteiger partial charge in [0.1, 0.15) is 5.04 Å². The first-order valence-corrected chi connectivity index (χ1v) is 5.66. The first-order valence-electron chi connectivity index (χ1n) is 3.96. The minimum absolute atomic E-state index is 0.152. The fourth-order valence-corrected chi connectivity index (χ4v) is 3.43. The maximum atomic E-state index is 11.0. The van der Waals surface area contributed by atoms with E-state index in [1.165, 1.54) is 17.8 Å². The number of oxime groups is 1. The minimum Gasteiger partial charge on any atom is -0.410 e. The molecule has 2 rings (SSSR count). The number of hydrogen-bond donors (Lipinski definition) is 1. The summed E-state index contributed by atoms with van der Waals surface area (Å²) in [6, 6.07) is 0. The molecule has 1 saturated heterocycles. The average molecular weight is 228 g/mol. The predicted molar refractivity (Wildman–Crippen MR) is 57.9 cm³/mol. The fraction of sp³-hybridized carbons (Fsp3) is 0.250. The summed E-state index contributed by atoms with van der Waals surface area (Å²) in [5, 5.41) is 12.3. The van der Waals surface area contributed by atoms with E-state index >= 15 is 0 Å². The number of carbonyl (C=O) groups excluding carboxylic acids is 1. The summed E-state index contributed by atoms with van der Waals surface area (Å²) in [4.78, 5) is 12.7. The molecular weight excluding hydrogens is 220 g/mol. The number of nitrogens with zero attached hydrogens (tertiary/aromatic N) is 2. The Kier molecular flexibility index (Phi) is 2.56. The molecule has 0 spiro atoms. The van der Waals surface area contributed by atoms with E-state index in [-0.39, 0.29) is 11.3 Å². The number of hydrogen-bond acceptors (Lipinski definition) is 5. The van der Waals surface area contributed by atoms with Crippen molar-refractivity contribution in [2.75, 3.05) is 0 Å². The molecule has 6 heteroatoms. The Balaban J connectivity index is 2.01. The standard InChI is InChI=1S/C8H8N2O2S2/c1-2-5(9-12)13-8-4-10-6(11)3-7(10)14-8/h2,4,7,12H,1,3H2/t7-/m0/s1. The molecule has 2 aliphatic heterocycles. The molecule has 0 bridgehead atoms. The molecule has 0 aromatic carbocycles. The van der Waals surface area contributed by atoms with Crippen molar-refractivity contribution in [1.82, 2.24) is 4.90 Å². The largest absolute Gasteiger partial charge is 0.410 e. The van der Waals surface area contributed by atoms with E-state index in [0.717, 1.165) is 4.24 Å². The van der Waals surface area contributed by atoms with E-state index in [0.29, 0.717) is 11.5 Å². The fourth-order valence-electron chi connectivity index (χ4n) is 1.19. The van der Waals surface area contributed by atoms with Gasteiger partial charge in [-0.05, 0) is 6.08 Å². The van der Waals surface area contributed by atoms with Gasteiger partial charge in [-0.2, -0.15) is 0 Å². The highest BCUT2D eigenvalue weighted by Crippen LogP contribution is 2.46. The number of carbonyl (C=O) groups is 1. The Morgan fingerprint density at radius 1 is 1.93 bits per heavy atom. The van der Waals surface area contributed by atoms with E-state index in [2.05, 4.69) is 11.7 Å². The third-order valence-corrected chi connectivity index (χ3v) is 4.23. The zero-order chi connectivity index (χ0) is 10.1. The van der Waals surface area contributed by atoms with Gasteiger partial charge in [0.05, 0.1) is 16.0 Å². The van der Waals surface area contributed by atoms with Gasteiger partial charge in [-0.15, -0.1) is 0 Å². The monoisotopic (exact) mass is 228 g/mol. The normalized spacial score (nSPS) is 25.6. The van der Waals surface area contributed by atoms with E-state index in [1.807, 2.05) is 0 Å². The SMILES string of the molecule is C=CC(=NO)SC1=CN2C(=O)C[C@@H]2S1. The van der Waals surface area contributed by atoms with Gasteiger partial charge in [-0.25, -0.2) is 0 Å².